The van der Waals surface area contributed by atoms with Crippen molar-refractivity contribution in [1.82, 2.24) is 19.7 Å². The summed E-state index contributed by atoms with van der Waals surface area (Å²) < 4.78 is 2.73. The van der Waals surface area contributed by atoms with E-state index in [0.29, 0.717) is 17.8 Å². The average molecular weight is 460 g/mol. The van der Waals surface area contributed by atoms with Crippen LogP contribution in [0.1, 0.15) is 36.1 Å². The molecule has 4 rings (SSSR count). The molecule has 0 fully saturated rings. The third-order valence-corrected chi connectivity index (χ3v) is 5.49. The minimum atomic E-state index is -0.930. The molecular weight excluding hydrogens is 438 g/mol. The Kier molecular flexibility index (Phi) is 5.62. The lowest BCUT2D eigenvalue weighted by atomic mass is 9.95. The number of aryl methyl sites for hydroxylation is 1. The number of rotatable bonds is 7. The van der Waals surface area contributed by atoms with E-state index in [0.717, 1.165) is 34.0 Å². The first-order chi connectivity index (χ1) is 14.0. The van der Waals surface area contributed by atoms with E-state index in [-0.39, 0.29) is 24.9 Å². The van der Waals surface area contributed by atoms with Crippen LogP contribution in [0.5, 0.6) is 0 Å². The number of Topliss-reactive ketones (excluding diaryl/α,β-unsaturated/α-hetero) is 1. The fourth-order valence-electron chi connectivity index (χ4n) is 3.65. The molecular formula is C20H22BrN5O3. The monoisotopic (exact) mass is 459 g/mol. The van der Waals surface area contributed by atoms with Gasteiger partial charge in [-0.2, -0.15) is 10.1 Å². The van der Waals surface area contributed by atoms with Crippen LogP contribution in [0.15, 0.2) is 28.9 Å². The molecule has 0 spiro atoms. The number of aliphatic hydroxyl groups is 2. The predicted molar refractivity (Wildman–Crippen MR) is 112 cm³/mol. The second-order valence-electron chi connectivity index (χ2n) is 7.20. The van der Waals surface area contributed by atoms with E-state index in [4.69, 9.17) is 5.11 Å². The quantitative estimate of drug-likeness (QED) is 0.495. The molecule has 3 aromatic rings. The second-order valence-corrected chi connectivity index (χ2v) is 8.11. The SMILES string of the molecule is CCCn1cc2c(C3C(=O)Cc4ccc(Br)cc43)nc(NC[C@@H](O)CO)nc2n1. The fourth-order valence-corrected chi connectivity index (χ4v) is 4.03. The fraction of sp³-hybridized carbons (Fsp3) is 0.400. The van der Waals surface area contributed by atoms with Crippen LogP contribution >= 0.6 is 15.9 Å². The van der Waals surface area contributed by atoms with Crippen molar-refractivity contribution in [1.29, 1.82) is 0 Å². The smallest absolute Gasteiger partial charge is 0.225 e. The van der Waals surface area contributed by atoms with Crippen LogP contribution in [-0.2, 0) is 17.8 Å². The van der Waals surface area contributed by atoms with Gasteiger partial charge in [-0.15, -0.1) is 0 Å². The zero-order chi connectivity index (χ0) is 20.5. The molecule has 0 radical (unpaired) electrons. The zero-order valence-electron chi connectivity index (χ0n) is 16.0. The van der Waals surface area contributed by atoms with E-state index in [1.165, 1.54) is 0 Å². The highest BCUT2D eigenvalue weighted by Gasteiger charge is 2.35. The number of nitrogens with one attached hydrogen (secondary N) is 1. The number of carbonyl (C=O) groups excluding carboxylic acids is 1. The van der Waals surface area contributed by atoms with Crippen molar-refractivity contribution in [3.8, 4) is 0 Å². The van der Waals surface area contributed by atoms with Gasteiger partial charge in [0, 0.05) is 30.2 Å². The first-order valence-electron chi connectivity index (χ1n) is 9.59. The van der Waals surface area contributed by atoms with Gasteiger partial charge in [-0.25, -0.2) is 4.98 Å². The van der Waals surface area contributed by atoms with Gasteiger partial charge in [-0.3, -0.25) is 9.48 Å². The van der Waals surface area contributed by atoms with Crippen LogP contribution in [-0.4, -0.2) is 55.0 Å². The normalized spacial score (nSPS) is 17.0. The largest absolute Gasteiger partial charge is 0.394 e. The maximum atomic E-state index is 12.9. The molecule has 9 heteroatoms. The number of fused-ring (bicyclic) bond motifs is 2. The average Bonchev–Trinajstić information content (AvgIpc) is 3.25. The lowest BCUT2D eigenvalue weighted by molar-refractivity contribution is -0.118. The number of aromatic nitrogens is 4. The number of nitrogens with zero attached hydrogens (tertiary/aromatic N) is 4. The Labute approximate surface area is 176 Å². The van der Waals surface area contributed by atoms with E-state index in [1.54, 1.807) is 0 Å². The van der Waals surface area contributed by atoms with Gasteiger partial charge < -0.3 is 15.5 Å². The van der Waals surface area contributed by atoms with Crippen LogP contribution in [0.4, 0.5) is 5.95 Å². The third kappa shape index (κ3) is 3.90. The summed E-state index contributed by atoms with van der Waals surface area (Å²) in [5, 5.41) is 26.9. The van der Waals surface area contributed by atoms with Crippen LogP contribution in [0, 0.1) is 0 Å². The van der Waals surface area contributed by atoms with Crippen molar-refractivity contribution in [2.45, 2.75) is 38.3 Å². The van der Waals surface area contributed by atoms with Crippen LogP contribution in [0.25, 0.3) is 11.0 Å². The third-order valence-electron chi connectivity index (χ3n) is 4.99. The number of ketones is 1. The lowest BCUT2D eigenvalue weighted by Gasteiger charge is -2.14. The van der Waals surface area contributed by atoms with Crippen molar-refractivity contribution in [2.24, 2.45) is 0 Å². The van der Waals surface area contributed by atoms with Crippen molar-refractivity contribution in [3.05, 3.63) is 45.7 Å². The molecule has 1 aliphatic rings. The summed E-state index contributed by atoms with van der Waals surface area (Å²) in [5.74, 6) is -0.128. The number of carbonyl (C=O) groups is 1. The Balaban J connectivity index is 1.83. The molecule has 152 valence electrons. The summed E-state index contributed by atoms with van der Waals surface area (Å²) in [6.45, 7) is 2.53. The van der Waals surface area contributed by atoms with Gasteiger partial charge in [-0.1, -0.05) is 28.9 Å². The standard InChI is InChI=1S/C20H22BrN5O3/c1-2-5-26-9-15-18(17-14-7-12(21)4-3-11(14)6-16(17)29)23-20(24-19(15)25-26)22-8-13(28)10-27/h3-4,7,9,13,17,27-28H,2,5-6,8,10H2,1H3,(H,22,24,25)/t13-,17?/m1/s1. The lowest BCUT2D eigenvalue weighted by Crippen LogP contribution is -2.24. The molecule has 0 saturated heterocycles. The Morgan fingerprint density at radius 3 is 2.97 bits per heavy atom. The molecule has 1 aliphatic carbocycles. The maximum absolute atomic E-state index is 12.9. The van der Waals surface area contributed by atoms with Gasteiger partial charge in [-0.05, 0) is 29.7 Å². The minimum absolute atomic E-state index is 0.0858. The molecule has 1 aromatic carbocycles. The summed E-state index contributed by atoms with van der Waals surface area (Å²) >= 11 is 3.50. The minimum Gasteiger partial charge on any atom is -0.394 e. The van der Waals surface area contributed by atoms with Crippen LogP contribution < -0.4 is 5.32 Å². The number of halogens is 1. The molecule has 2 aromatic heterocycles. The van der Waals surface area contributed by atoms with E-state index >= 15 is 0 Å². The molecule has 0 aliphatic heterocycles. The summed E-state index contributed by atoms with van der Waals surface area (Å²) in [6.07, 6.45) is 2.25. The number of aliphatic hydroxyl groups excluding tert-OH is 2. The molecule has 1 unspecified atom stereocenters. The predicted octanol–water partition coefficient (Wildman–Crippen LogP) is 2.02. The summed E-state index contributed by atoms with van der Waals surface area (Å²) in [5.41, 5.74) is 3.05. The Hall–Kier alpha value is -2.36. The van der Waals surface area contributed by atoms with Crippen molar-refractivity contribution in [3.63, 3.8) is 0 Å². The Morgan fingerprint density at radius 1 is 1.38 bits per heavy atom. The van der Waals surface area contributed by atoms with Gasteiger partial charge in [0.05, 0.1) is 29.7 Å². The number of hydrogen-bond acceptors (Lipinski definition) is 7. The maximum Gasteiger partial charge on any atom is 0.225 e. The molecule has 2 atom stereocenters. The highest BCUT2D eigenvalue weighted by molar-refractivity contribution is 9.10. The molecule has 0 saturated carbocycles. The number of hydrogen-bond donors (Lipinski definition) is 3. The van der Waals surface area contributed by atoms with Crippen LogP contribution in [0.2, 0.25) is 0 Å². The topological polar surface area (TPSA) is 113 Å². The molecule has 0 bridgehead atoms. The first-order valence-corrected chi connectivity index (χ1v) is 10.4. The molecule has 8 nitrogen and oxygen atoms in total. The van der Waals surface area contributed by atoms with Crippen molar-refractivity contribution < 1.29 is 15.0 Å². The van der Waals surface area contributed by atoms with E-state index < -0.39 is 12.0 Å². The van der Waals surface area contributed by atoms with Gasteiger partial charge in [0.15, 0.2) is 11.4 Å². The molecule has 3 N–H and O–H groups in total. The van der Waals surface area contributed by atoms with Gasteiger partial charge in [0.2, 0.25) is 5.95 Å². The Bertz CT molecular complexity index is 1070. The molecule has 0 amide bonds. The van der Waals surface area contributed by atoms with Crippen molar-refractivity contribution >= 4 is 38.7 Å². The Morgan fingerprint density at radius 2 is 2.21 bits per heavy atom. The van der Waals surface area contributed by atoms with E-state index in [2.05, 4.69) is 43.2 Å². The van der Waals surface area contributed by atoms with Gasteiger partial charge >= 0.3 is 0 Å². The van der Waals surface area contributed by atoms with E-state index in [9.17, 15) is 9.90 Å². The summed E-state index contributed by atoms with van der Waals surface area (Å²) in [7, 11) is 0. The van der Waals surface area contributed by atoms with Crippen LogP contribution in [0.3, 0.4) is 0 Å². The summed E-state index contributed by atoms with van der Waals surface area (Å²) in [6, 6.07) is 5.87. The van der Waals surface area contributed by atoms with E-state index in [1.807, 2.05) is 29.1 Å². The molecule has 2 heterocycles. The van der Waals surface area contributed by atoms with Crippen molar-refractivity contribution in [2.75, 3.05) is 18.5 Å². The summed E-state index contributed by atoms with van der Waals surface area (Å²) in [4.78, 5) is 22.0. The highest BCUT2D eigenvalue weighted by atomic mass is 79.9. The number of benzene rings is 1. The second kappa shape index (κ2) is 8.17. The van der Waals surface area contributed by atoms with Gasteiger partial charge in [0.25, 0.3) is 0 Å². The van der Waals surface area contributed by atoms with Gasteiger partial charge in [0.1, 0.15) is 0 Å². The number of anilines is 1. The zero-order valence-corrected chi connectivity index (χ0v) is 17.6. The molecule has 29 heavy (non-hydrogen) atoms. The highest BCUT2D eigenvalue weighted by Crippen LogP contribution is 2.39. The first kappa shape index (κ1) is 19.9.